The first-order chi connectivity index (χ1) is 8.24. The van der Waals surface area contributed by atoms with Gasteiger partial charge in [-0.25, -0.2) is 0 Å². The Kier molecular flexibility index (Phi) is 2.32. The lowest BCUT2D eigenvalue weighted by Gasteiger charge is -1.97. The van der Waals surface area contributed by atoms with E-state index in [0.29, 0.717) is 6.42 Å². The van der Waals surface area contributed by atoms with Crippen molar-refractivity contribution in [2.75, 3.05) is 0 Å². The summed E-state index contributed by atoms with van der Waals surface area (Å²) in [6.45, 7) is 0. The highest BCUT2D eigenvalue weighted by Gasteiger charge is 2.15. The summed E-state index contributed by atoms with van der Waals surface area (Å²) in [5.41, 5.74) is 3.43. The van der Waals surface area contributed by atoms with Gasteiger partial charge in [0.05, 0.1) is 11.2 Å². The Hall–Kier alpha value is -1.90. The van der Waals surface area contributed by atoms with Gasteiger partial charge in [0, 0.05) is 25.3 Å². The van der Waals surface area contributed by atoms with E-state index in [1.165, 1.54) is 11.0 Å². The molecule has 0 aliphatic heterocycles. The lowest BCUT2D eigenvalue weighted by atomic mass is 10.1. The fraction of sp³-hybridized carbons (Fsp3) is 0.286. The van der Waals surface area contributed by atoms with Crippen LogP contribution in [0.25, 0.3) is 10.9 Å². The molecule has 0 unspecified atom stereocenters. The highest BCUT2D eigenvalue weighted by Crippen LogP contribution is 2.24. The molecule has 1 aliphatic rings. The predicted octanol–water partition coefficient (Wildman–Crippen LogP) is 2.41. The van der Waals surface area contributed by atoms with E-state index >= 15 is 0 Å². The number of aromatic nitrogens is 2. The molecule has 3 rings (SSSR count). The van der Waals surface area contributed by atoms with Crippen LogP contribution in [-0.2, 0) is 18.3 Å². The first-order valence-corrected chi connectivity index (χ1v) is 5.87. The molecule has 0 fully saturated rings. The monoisotopic (exact) mass is 226 g/mol. The Morgan fingerprint density at radius 1 is 1.29 bits per heavy atom. The van der Waals surface area contributed by atoms with Crippen LogP contribution in [0.5, 0.6) is 0 Å². The SMILES string of the molecule is Cn1nc(CC2=CC(=O)CC2)c2ccccc21. The molecule has 0 spiro atoms. The number of allylic oxidation sites excluding steroid dienone is 2. The average molecular weight is 226 g/mol. The summed E-state index contributed by atoms with van der Waals surface area (Å²) in [5, 5.41) is 5.73. The van der Waals surface area contributed by atoms with Crippen molar-refractivity contribution in [1.82, 2.24) is 9.78 Å². The van der Waals surface area contributed by atoms with Crippen LogP contribution < -0.4 is 0 Å². The Morgan fingerprint density at radius 2 is 2.12 bits per heavy atom. The second-order valence-corrected chi connectivity index (χ2v) is 4.53. The van der Waals surface area contributed by atoms with Gasteiger partial charge in [0.15, 0.2) is 5.78 Å². The minimum atomic E-state index is 0.250. The van der Waals surface area contributed by atoms with Crippen molar-refractivity contribution in [3.8, 4) is 0 Å². The number of benzene rings is 1. The number of para-hydroxylation sites is 1. The van der Waals surface area contributed by atoms with Gasteiger partial charge >= 0.3 is 0 Å². The lowest BCUT2D eigenvalue weighted by Crippen LogP contribution is -1.93. The van der Waals surface area contributed by atoms with Crippen LogP contribution in [-0.4, -0.2) is 15.6 Å². The van der Waals surface area contributed by atoms with Gasteiger partial charge in [-0.15, -0.1) is 0 Å². The zero-order chi connectivity index (χ0) is 11.8. The number of carbonyl (C=O) groups excluding carboxylic acids is 1. The highest BCUT2D eigenvalue weighted by molar-refractivity contribution is 5.93. The summed E-state index contributed by atoms with van der Waals surface area (Å²) in [5.74, 6) is 0.250. The van der Waals surface area contributed by atoms with E-state index in [1.807, 2.05) is 23.9 Å². The first-order valence-electron chi connectivity index (χ1n) is 5.87. The van der Waals surface area contributed by atoms with Gasteiger partial charge in [0.2, 0.25) is 0 Å². The minimum Gasteiger partial charge on any atom is -0.295 e. The summed E-state index contributed by atoms with van der Waals surface area (Å²) in [6.07, 6.45) is 4.14. The molecule has 1 aromatic carbocycles. The maximum atomic E-state index is 11.2. The van der Waals surface area contributed by atoms with Crippen LogP contribution in [0.3, 0.4) is 0 Å². The summed E-state index contributed by atoms with van der Waals surface area (Å²) in [7, 11) is 1.96. The Bertz CT molecular complexity index is 622. The van der Waals surface area contributed by atoms with Crippen LogP contribution in [0.4, 0.5) is 0 Å². The van der Waals surface area contributed by atoms with Crippen molar-refractivity contribution >= 4 is 16.7 Å². The average Bonchev–Trinajstić information content (AvgIpc) is 2.86. The van der Waals surface area contributed by atoms with Crippen LogP contribution in [0, 0.1) is 0 Å². The van der Waals surface area contributed by atoms with Crippen LogP contribution in [0.2, 0.25) is 0 Å². The first kappa shape index (κ1) is 10.3. The van der Waals surface area contributed by atoms with E-state index in [2.05, 4.69) is 17.2 Å². The van der Waals surface area contributed by atoms with Gasteiger partial charge in [-0.3, -0.25) is 9.48 Å². The minimum absolute atomic E-state index is 0.250. The van der Waals surface area contributed by atoms with Crippen molar-refractivity contribution in [2.45, 2.75) is 19.3 Å². The smallest absolute Gasteiger partial charge is 0.155 e. The maximum Gasteiger partial charge on any atom is 0.155 e. The molecule has 1 aromatic heterocycles. The Labute approximate surface area is 99.7 Å². The summed E-state index contributed by atoms with van der Waals surface area (Å²) in [4.78, 5) is 11.2. The number of ketones is 1. The number of rotatable bonds is 2. The van der Waals surface area contributed by atoms with Gasteiger partial charge in [0.1, 0.15) is 0 Å². The normalized spacial score (nSPS) is 15.6. The lowest BCUT2D eigenvalue weighted by molar-refractivity contribution is -0.114. The van der Waals surface area contributed by atoms with Gasteiger partial charge < -0.3 is 0 Å². The molecule has 3 nitrogen and oxygen atoms in total. The van der Waals surface area contributed by atoms with Crippen molar-refractivity contribution in [3.63, 3.8) is 0 Å². The van der Waals surface area contributed by atoms with E-state index in [4.69, 9.17) is 0 Å². The molecule has 17 heavy (non-hydrogen) atoms. The van der Waals surface area contributed by atoms with Crippen molar-refractivity contribution < 1.29 is 4.79 Å². The van der Waals surface area contributed by atoms with E-state index in [0.717, 1.165) is 24.1 Å². The van der Waals surface area contributed by atoms with Crippen LogP contribution in [0.15, 0.2) is 35.9 Å². The third-order valence-electron chi connectivity index (χ3n) is 3.29. The molecular formula is C14H14N2O. The fourth-order valence-corrected chi connectivity index (χ4v) is 2.43. The standard InChI is InChI=1S/C14H14N2O/c1-16-14-5-3-2-4-12(14)13(15-16)9-10-6-7-11(17)8-10/h2-5,8H,6-7,9H2,1H3. The fourth-order valence-electron chi connectivity index (χ4n) is 2.43. The molecule has 0 atom stereocenters. The molecular weight excluding hydrogens is 212 g/mol. The topological polar surface area (TPSA) is 34.9 Å². The second kappa shape index (κ2) is 3.84. The largest absolute Gasteiger partial charge is 0.295 e. The molecule has 0 amide bonds. The van der Waals surface area contributed by atoms with E-state index in [-0.39, 0.29) is 5.78 Å². The zero-order valence-electron chi connectivity index (χ0n) is 9.81. The summed E-state index contributed by atoms with van der Waals surface area (Å²) < 4.78 is 1.90. The molecule has 86 valence electrons. The number of aryl methyl sites for hydroxylation is 1. The van der Waals surface area contributed by atoms with Crippen LogP contribution >= 0.6 is 0 Å². The number of fused-ring (bicyclic) bond motifs is 1. The van der Waals surface area contributed by atoms with E-state index in [9.17, 15) is 4.79 Å². The predicted molar refractivity (Wildman–Crippen MR) is 66.7 cm³/mol. The van der Waals surface area contributed by atoms with Crippen molar-refractivity contribution in [2.24, 2.45) is 7.05 Å². The molecule has 0 bridgehead atoms. The summed E-state index contributed by atoms with van der Waals surface area (Å²) in [6, 6.07) is 8.21. The molecule has 0 radical (unpaired) electrons. The molecule has 2 aromatic rings. The molecule has 1 aliphatic carbocycles. The summed E-state index contributed by atoms with van der Waals surface area (Å²) >= 11 is 0. The Balaban J connectivity index is 2.01. The van der Waals surface area contributed by atoms with Gasteiger partial charge in [-0.2, -0.15) is 5.10 Å². The number of carbonyl (C=O) groups is 1. The number of hydrogen-bond acceptors (Lipinski definition) is 2. The number of hydrogen-bond donors (Lipinski definition) is 0. The van der Waals surface area contributed by atoms with Crippen molar-refractivity contribution in [1.29, 1.82) is 0 Å². The molecule has 0 N–H and O–H groups in total. The zero-order valence-corrected chi connectivity index (χ0v) is 9.81. The van der Waals surface area contributed by atoms with E-state index < -0.39 is 0 Å². The molecule has 0 saturated heterocycles. The van der Waals surface area contributed by atoms with E-state index in [1.54, 1.807) is 6.08 Å². The Morgan fingerprint density at radius 3 is 2.88 bits per heavy atom. The van der Waals surface area contributed by atoms with Crippen LogP contribution in [0.1, 0.15) is 18.5 Å². The highest BCUT2D eigenvalue weighted by atomic mass is 16.1. The third-order valence-corrected chi connectivity index (χ3v) is 3.29. The molecule has 3 heteroatoms. The van der Waals surface area contributed by atoms with Gasteiger partial charge in [-0.05, 0) is 18.6 Å². The second-order valence-electron chi connectivity index (χ2n) is 4.53. The third kappa shape index (κ3) is 1.78. The number of nitrogens with zero attached hydrogens (tertiary/aromatic N) is 2. The maximum absolute atomic E-state index is 11.2. The van der Waals surface area contributed by atoms with Gasteiger partial charge in [0.25, 0.3) is 0 Å². The van der Waals surface area contributed by atoms with Gasteiger partial charge in [-0.1, -0.05) is 23.8 Å². The van der Waals surface area contributed by atoms with Crippen molar-refractivity contribution in [3.05, 3.63) is 41.6 Å². The molecule has 1 heterocycles. The molecule has 0 saturated carbocycles. The quantitative estimate of drug-likeness (QED) is 0.788.